The molecule has 34 heavy (non-hydrogen) atoms. The highest BCUT2D eigenvalue weighted by molar-refractivity contribution is 6.81. The Labute approximate surface area is 213 Å². The van der Waals surface area contributed by atoms with Crippen LogP contribution in [0.25, 0.3) is 0 Å². The fourth-order valence-electron chi connectivity index (χ4n) is 6.62. The summed E-state index contributed by atoms with van der Waals surface area (Å²) in [6.07, 6.45) is 19.9. The topological polar surface area (TPSA) is 17.1 Å². The van der Waals surface area contributed by atoms with Crippen molar-refractivity contribution < 1.29 is 4.79 Å². The summed E-state index contributed by atoms with van der Waals surface area (Å²) >= 11 is 0. The molecule has 0 heterocycles. The van der Waals surface area contributed by atoms with E-state index in [0.717, 1.165) is 60.9 Å². The van der Waals surface area contributed by atoms with Crippen LogP contribution in [-0.4, -0.2) is 21.9 Å². The third-order valence-corrected chi connectivity index (χ3v) is 18.0. The average Bonchev–Trinajstić information content (AvgIpc) is 3.18. The number of rotatable bonds is 21. The van der Waals surface area contributed by atoms with E-state index in [1.54, 1.807) is 6.92 Å². The van der Waals surface area contributed by atoms with E-state index < -0.39 is 16.1 Å². The van der Waals surface area contributed by atoms with Crippen LogP contribution in [0.15, 0.2) is 75.9 Å². The normalized spacial score (nSPS) is 20.4. The van der Waals surface area contributed by atoms with Crippen molar-refractivity contribution in [2.24, 2.45) is 17.8 Å². The van der Waals surface area contributed by atoms with Gasteiger partial charge < -0.3 is 4.79 Å². The standard InChI is InChI=1S/C31H52OSi2/c1-8-18-33(19-9-2,20-10-3)24-16-29-26-30(15-14-28(7)32)31(27-29)17-25-34(21-11-4,22-12-5)23-13-6/h8-13,29-31H,1-6,14-27H2,7H3. The molecule has 1 aliphatic rings. The van der Waals surface area contributed by atoms with Crippen molar-refractivity contribution in [2.45, 2.75) is 93.8 Å². The fourth-order valence-corrected chi connectivity index (χ4v) is 14.5. The molecule has 0 aromatic rings. The monoisotopic (exact) mass is 496 g/mol. The summed E-state index contributed by atoms with van der Waals surface area (Å²) in [6, 6.07) is 9.60. The van der Waals surface area contributed by atoms with E-state index in [2.05, 4.69) is 75.9 Å². The summed E-state index contributed by atoms with van der Waals surface area (Å²) in [7, 11) is -2.95. The molecule has 0 aliphatic heterocycles. The van der Waals surface area contributed by atoms with Gasteiger partial charge in [0.25, 0.3) is 0 Å². The quantitative estimate of drug-likeness (QED) is 0.114. The second-order valence-corrected chi connectivity index (χ2v) is 20.6. The maximum Gasteiger partial charge on any atom is 0.129 e. The SMILES string of the molecule is C=CC[Si](CC=C)(CC=C)CCC1CC(CCC(C)=O)C(CC[Si](CC=C)(CC=C)CC=C)C1. The lowest BCUT2D eigenvalue weighted by Crippen LogP contribution is -2.33. The molecule has 190 valence electrons. The molecule has 3 atom stereocenters. The second-order valence-electron chi connectivity index (χ2n) is 11.1. The zero-order valence-corrected chi connectivity index (χ0v) is 24.2. The molecule has 0 amide bonds. The van der Waals surface area contributed by atoms with Crippen LogP contribution in [0.4, 0.5) is 0 Å². The summed E-state index contributed by atoms with van der Waals surface area (Å²) < 4.78 is 0. The van der Waals surface area contributed by atoms with Gasteiger partial charge in [0.05, 0.1) is 16.1 Å². The molecule has 0 radical (unpaired) electrons. The van der Waals surface area contributed by atoms with Crippen molar-refractivity contribution in [3.8, 4) is 0 Å². The van der Waals surface area contributed by atoms with Gasteiger partial charge in [0.1, 0.15) is 5.78 Å². The van der Waals surface area contributed by atoms with E-state index in [9.17, 15) is 4.79 Å². The van der Waals surface area contributed by atoms with E-state index in [1.807, 2.05) is 0 Å². The van der Waals surface area contributed by atoms with Crippen molar-refractivity contribution in [3.05, 3.63) is 75.9 Å². The van der Waals surface area contributed by atoms with Gasteiger partial charge in [-0.1, -0.05) is 61.4 Å². The predicted molar refractivity (Wildman–Crippen MR) is 160 cm³/mol. The molecule has 1 nitrogen and oxygen atoms in total. The lowest BCUT2D eigenvalue weighted by molar-refractivity contribution is -0.117. The van der Waals surface area contributed by atoms with Gasteiger partial charge in [-0.05, 0) is 80.2 Å². The first kappa shape index (κ1) is 30.6. The molecule has 0 spiro atoms. The smallest absolute Gasteiger partial charge is 0.129 e. The minimum Gasteiger partial charge on any atom is -0.300 e. The largest absolute Gasteiger partial charge is 0.300 e. The highest BCUT2D eigenvalue weighted by Crippen LogP contribution is 2.46. The third kappa shape index (κ3) is 10.0. The van der Waals surface area contributed by atoms with Crippen molar-refractivity contribution in [2.75, 3.05) is 0 Å². The number of hydrogen-bond acceptors (Lipinski definition) is 1. The Morgan fingerprint density at radius 2 is 1.00 bits per heavy atom. The summed E-state index contributed by atoms with van der Waals surface area (Å²) in [5, 5.41) is 0. The number of carbonyl (C=O) groups is 1. The van der Waals surface area contributed by atoms with E-state index >= 15 is 0 Å². The molecule has 1 aliphatic carbocycles. The molecule has 1 rings (SSSR count). The molecule has 3 unspecified atom stereocenters. The van der Waals surface area contributed by atoms with Crippen molar-refractivity contribution in [1.82, 2.24) is 0 Å². The van der Waals surface area contributed by atoms with Crippen LogP contribution < -0.4 is 0 Å². The van der Waals surface area contributed by atoms with Crippen LogP contribution in [-0.2, 0) is 4.79 Å². The van der Waals surface area contributed by atoms with Gasteiger partial charge in [0.15, 0.2) is 0 Å². The molecular formula is C31H52OSi2. The van der Waals surface area contributed by atoms with E-state index in [0.29, 0.717) is 11.7 Å². The molecular weight excluding hydrogens is 445 g/mol. The molecule has 0 N–H and O–H groups in total. The van der Waals surface area contributed by atoms with Gasteiger partial charge in [0, 0.05) is 6.42 Å². The summed E-state index contributed by atoms with van der Waals surface area (Å²) in [4.78, 5) is 11.8. The van der Waals surface area contributed by atoms with E-state index in [4.69, 9.17) is 0 Å². The van der Waals surface area contributed by atoms with Crippen LogP contribution in [0.1, 0.15) is 45.4 Å². The van der Waals surface area contributed by atoms with Gasteiger partial charge in [-0.15, -0.1) is 39.5 Å². The van der Waals surface area contributed by atoms with Gasteiger partial charge >= 0.3 is 0 Å². The Kier molecular flexibility index (Phi) is 14.6. The van der Waals surface area contributed by atoms with Crippen LogP contribution in [0.2, 0.25) is 48.4 Å². The zero-order chi connectivity index (χ0) is 25.5. The number of allylic oxidation sites excluding steroid dienone is 6. The maximum absolute atomic E-state index is 11.8. The molecule has 3 heteroatoms. The first-order valence-electron chi connectivity index (χ1n) is 13.5. The average molecular weight is 497 g/mol. The number of hydrogen-bond donors (Lipinski definition) is 0. The third-order valence-electron chi connectivity index (χ3n) is 8.40. The molecule has 0 aromatic carbocycles. The highest BCUT2D eigenvalue weighted by Gasteiger charge is 2.38. The number of ketones is 1. The van der Waals surface area contributed by atoms with E-state index in [-0.39, 0.29) is 0 Å². The second kappa shape index (κ2) is 16.3. The lowest BCUT2D eigenvalue weighted by atomic mass is 9.89. The van der Waals surface area contributed by atoms with Crippen LogP contribution >= 0.6 is 0 Å². The Hall–Kier alpha value is -1.46. The van der Waals surface area contributed by atoms with Crippen molar-refractivity contribution >= 4 is 21.9 Å². The summed E-state index contributed by atoms with van der Waals surface area (Å²) in [5.41, 5.74) is 0. The summed E-state index contributed by atoms with van der Waals surface area (Å²) in [5.74, 6) is 2.59. The predicted octanol–water partition coefficient (Wildman–Crippen LogP) is 9.79. The van der Waals surface area contributed by atoms with Crippen molar-refractivity contribution in [3.63, 3.8) is 0 Å². The van der Waals surface area contributed by atoms with Gasteiger partial charge in [0.2, 0.25) is 0 Å². The first-order valence-corrected chi connectivity index (χ1v) is 19.1. The molecule has 1 saturated carbocycles. The minimum atomic E-state index is -1.49. The van der Waals surface area contributed by atoms with Crippen molar-refractivity contribution in [1.29, 1.82) is 0 Å². The summed E-state index contributed by atoms with van der Waals surface area (Å²) in [6.45, 7) is 26.1. The molecule has 0 bridgehead atoms. The van der Waals surface area contributed by atoms with Crippen LogP contribution in [0, 0.1) is 17.8 Å². The Bertz CT molecular complexity index is 638. The Morgan fingerprint density at radius 3 is 1.35 bits per heavy atom. The first-order chi connectivity index (χ1) is 16.3. The number of carbonyl (C=O) groups excluding carboxylic acids is 1. The Morgan fingerprint density at radius 1 is 0.647 bits per heavy atom. The van der Waals surface area contributed by atoms with Gasteiger partial charge in [-0.3, -0.25) is 0 Å². The molecule has 0 aromatic heterocycles. The van der Waals surface area contributed by atoms with Gasteiger partial charge in [-0.2, -0.15) is 0 Å². The minimum absolute atomic E-state index is 0.338. The van der Waals surface area contributed by atoms with Gasteiger partial charge in [-0.25, -0.2) is 0 Å². The van der Waals surface area contributed by atoms with E-state index in [1.165, 1.54) is 37.8 Å². The highest BCUT2D eigenvalue weighted by atomic mass is 28.3. The number of Topliss-reactive ketones (excluding diaryl/α,β-unsaturated/α-hetero) is 1. The lowest BCUT2D eigenvalue weighted by Gasteiger charge is -2.31. The Balaban J connectivity index is 2.94. The zero-order valence-electron chi connectivity index (χ0n) is 22.2. The maximum atomic E-state index is 11.8. The fraction of sp³-hybridized carbons (Fsp3) is 0.581. The van der Waals surface area contributed by atoms with Crippen LogP contribution in [0.5, 0.6) is 0 Å². The molecule has 1 fully saturated rings. The molecule has 0 saturated heterocycles. The van der Waals surface area contributed by atoms with Crippen LogP contribution in [0.3, 0.4) is 0 Å².